The normalized spacial score (nSPS) is 22.9. The zero-order chi connectivity index (χ0) is 17.3. The van der Waals surface area contributed by atoms with Crippen LogP contribution in [0.3, 0.4) is 0 Å². The van der Waals surface area contributed by atoms with E-state index in [-0.39, 0.29) is 23.5 Å². The molecule has 2 fully saturated rings. The minimum atomic E-state index is -0.775. The molecule has 138 valence electrons. The average molecular weight is 358 g/mol. The third-order valence-corrected chi connectivity index (χ3v) is 5.68. The zero-order valence-corrected chi connectivity index (χ0v) is 15.6. The summed E-state index contributed by atoms with van der Waals surface area (Å²) in [7, 11) is 0. The van der Waals surface area contributed by atoms with Crippen LogP contribution in [0.5, 0.6) is 0 Å². The summed E-state index contributed by atoms with van der Waals surface area (Å²) >= 11 is 1.30. The van der Waals surface area contributed by atoms with E-state index < -0.39 is 5.79 Å². The second-order valence-corrected chi connectivity index (χ2v) is 7.83. The maximum atomic E-state index is 12.3. The summed E-state index contributed by atoms with van der Waals surface area (Å²) in [6, 6.07) is -0.334. The molecule has 1 atom stereocenters. The van der Waals surface area contributed by atoms with E-state index in [0.717, 1.165) is 31.4 Å². The average Bonchev–Trinajstić information content (AvgIpc) is 3.17. The molecule has 2 aliphatic rings. The summed E-state index contributed by atoms with van der Waals surface area (Å²) in [6.45, 7) is 3.31. The fourth-order valence-corrected chi connectivity index (χ4v) is 4.23. The summed E-state index contributed by atoms with van der Waals surface area (Å²) in [5, 5.41) is 2.90. The van der Waals surface area contributed by atoms with Crippen LogP contribution >= 0.6 is 11.8 Å². The maximum absolute atomic E-state index is 12.3. The Morgan fingerprint density at radius 1 is 1.17 bits per heavy atom. The van der Waals surface area contributed by atoms with Crippen LogP contribution in [0.4, 0.5) is 0 Å². The quantitative estimate of drug-likeness (QED) is 0.574. The van der Waals surface area contributed by atoms with Crippen LogP contribution in [0.25, 0.3) is 0 Å². The van der Waals surface area contributed by atoms with E-state index in [4.69, 9.17) is 9.47 Å². The number of rotatable bonds is 11. The van der Waals surface area contributed by atoms with E-state index >= 15 is 0 Å². The van der Waals surface area contributed by atoms with Gasteiger partial charge in [0.05, 0.1) is 25.7 Å². The number of nitrogens with one attached hydrogen (secondary N) is 1. The maximum Gasteiger partial charge on any atom is 0.226 e. The van der Waals surface area contributed by atoms with Crippen molar-refractivity contribution in [1.82, 2.24) is 5.32 Å². The van der Waals surface area contributed by atoms with Crippen molar-refractivity contribution in [2.45, 2.75) is 83.0 Å². The Morgan fingerprint density at radius 3 is 2.46 bits per heavy atom. The highest BCUT2D eigenvalue weighted by atomic mass is 32.2. The lowest BCUT2D eigenvalue weighted by atomic mass is 10.0. The minimum Gasteiger partial charge on any atom is -0.347 e. The summed E-state index contributed by atoms with van der Waals surface area (Å²) in [5.41, 5.74) is 0. The van der Waals surface area contributed by atoms with E-state index in [0.29, 0.717) is 13.2 Å². The van der Waals surface area contributed by atoms with Gasteiger partial charge in [-0.1, -0.05) is 57.2 Å². The first-order valence-electron chi connectivity index (χ1n) is 9.39. The molecule has 0 aliphatic carbocycles. The van der Waals surface area contributed by atoms with Gasteiger partial charge in [0.25, 0.3) is 0 Å². The number of unbranched alkanes of at least 4 members (excludes halogenated alkanes) is 6. The van der Waals surface area contributed by atoms with Gasteiger partial charge in [0.1, 0.15) is 0 Å². The first-order chi connectivity index (χ1) is 11.7. The molecule has 0 unspecified atom stereocenters. The lowest BCUT2D eigenvalue weighted by molar-refractivity contribution is -0.174. The molecule has 2 saturated heterocycles. The van der Waals surface area contributed by atoms with Gasteiger partial charge in [-0.05, 0) is 12.8 Å². The molecular weight excluding hydrogens is 326 g/mol. The highest BCUT2D eigenvalue weighted by molar-refractivity contribution is 8.14. The molecule has 6 heteroatoms. The Morgan fingerprint density at radius 2 is 1.83 bits per heavy atom. The molecule has 0 aromatic rings. The van der Waals surface area contributed by atoms with Crippen LogP contribution in [-0.4, -0.2) is 41.8 Å². The van der Waals surface area contributed by atoms with E-state index in [1.165, 1.54) is 43.9 Å². The Hall–Kier alpha value is -0.590. The van der Waals surface area contributed by atoms with Crippen molar-refractivity contribution < 1.29 is 19.1 Å². The summed E-state index contributed by atoms with van der Waals surface area (Å²) in [6.07, 6.45) is 10.2. The number of carbonyl (C=O) groups is 2. The summed E-state index contributed by atoms with van der Waals surface area (Å²) < 4.78 is 11.5. The first-order valence-corrected chi connectivity index (χ1v) is 10.4. The zero-order valence-electron chi connectivity index (χ0n) is 14.8. The molecule has 2 heterocycles. The SMILES string of the molecule is CCCCCCCCCC1(CC(=O)N[C@H]2CCSC2=O)OCCO1. The van der Waals surface area contributed by atoms with Crippen LogP contribution in [0.1, 0.15) is 71.1 Å². The van der Waals surface area contributed by atoms with Gasteiger partial charge >= 0.3 is 0 Å². The molecule has 1 N–H and O–H groups in total. The number of carbonyl (C=O) groups excluding carboxylic acids is 2. The summed E-state index contributed by atoms with van der Waals surface area (Å²) in [5.74, 6) is -0.122. The third-order valence-electron chi connectivity index (χ3n) is 4.68. The topological polar surface area (TPSA) is 64.6 Å². The lowest BCUT2D eigenvalue weighted by Gasteiger charge is -2.27. The molecule has 0 aromatic heterocycles. The van der Waals surface area contributed by atoms with Gasteiger partial charge in [-0.25, -0.2) is 0 Å². The van der Waals surface area contributed by atoms with Crippen LogP contribution < -0.4 is 5.32 Å². The fourth-order valence-electron chi connectivity index (χ4n) is 3.30. The molecule has 2 aliphatic heterocycles. The van der Waals surface area contributed by atoms with E-state index in [9.17, 15) is 9.59 Å². The van der Waals surface area contributed by atoms with Crippen molar-refractivity contribution in [1.29, 1.82) is 0 Å². The van der Waals surface area contributed by atoms with Gasteiger partial charge in [-0.3, -0.25) is 9.59 Å². The predicted octanol–water partition coefficient (Wildman–Crippen LogP) is 3.41. The largest absolute Gasteiger partial charge is 0.347 e. The van der Waals surface area contributed by atoms with Gasteiger partial charge in [0.15, 0.2) is 5.79 Å². The molecule has 0 aromatic carbocycles. The van der Waals surface area contributed by atoms with Crippen molar-refractivity contribution in [3.8, 4) is 0 Å². The van der Waals surface area contributed by atoms with E-state index in [1.807, 2.05) is 0 Å². The van der Waals surface area contributed by atoms with Gasteiger partial charge in [0.2, 0.25) is 11.0 Å². The number of hydrogen-bond acceptors (Lipinski definition) is 5. The van der Waals surface area contributed by atoms with Crippen LogP contribution in [0.15, 0.2) is 0 Å². The predicted molar refractivity (Wildman–Crippen MR) is 95.9 cm³/mol. The monoisotopic (exact) mass is 357 g/mol. The Labute approximate surface area is 149 Å². The van der Waals surface area contributed by atoms with Gasteiger partial charge in [-0.2, -0.15) is 0 Å². The van der Waals surface area contributed by atoms with Crippen molar-refractivity contribution in [3.63, 3.8) is 0 Å². The number of amides is 1. The highest BCUT2D eigenvalue weighted by Crippen LogP contribution is 2.30. The Kier molecular flexibility index (Phi) is 8.56. The van der Waals surface area contributed by atoms with Gasteiger partial charge in [0, 0.05) is 12.2 Å². The van der Waals surface area contributed by atoms with Crippen LogP contribution in [0, 0.1) is 0 Å². The van der Waals surface area contributed by atoms with Crippen LogP contribution in [-0.2, 0) is 19.1 Å². The van der Waals surface area contributed by atoms with E-state index in [1.54, 1.807) is 0 Å². The molecule has 24 heavy (non-hydrogen) atoms. The molecular formula is C18H31NO4S. The van der Waals surface area contributed by atoms with Gasteiger partial charge < -0.3 is 14.8 Å². The number of ether oxygens (including phenoxy) is 2. The second kappa shape index (κ2) is 10.4. The second-order valence-electron chi connectivity index (χ2n) is 6.73. The Balaban J connectivity index is 1.69. The minimum absolute atomic E-state index is 0.0673. The number of thioether (sulfide) groups is 1. The third kappa shape index (κ3) is 6.37. The highest BCUT2D eigenvalue weighted by Gasteiger charge is 2.39. The molecule has 5 nitrogen and oxygen atoms in total. The smallest absolute Gasteiger partial charge is 0.226 e. The fraction of sp³-hybridized carbons (Fsp3) is 0.889. The molecule has 1 amide bonds. The van der Waals surface area contributed by atoms with Crippen LogP contribution in [0.2, 0.25) is 0 Å². The van der Waals surface area contributed by atoms with Crippen molar-refractivity contribution >= 4 is 22.8 Å². The molecule has 0 radical (unpaired) electrons. The first kappa shape index (κ1) is 19.7. The molecule has 0 saturated carbocycles. The molecule has 0 spiro atoms. The lowest BCUT2D eigenvalue weighted by Crippen LogP contribution is -2.43. The summed E-state index contributed by atoms with van der Waals surface area (Å²) in [4.78, 5) is 23.9. The molecule has 0 bridgehead atoms. The standard InChI is InChI=1S/C18H31NO4S/c1-2-3-4-5-6-7-8-10-18(22-11-12-23-18)14-16(20)19-15-9-13-24-17(15)21/h15H,2-14H2,1H3,(H,19,20)/t15-/m0/s1. The van der Waals surface area contributed by atoms with Crippen molar-refractivity contribution in [2.75, 3.05) is 19.0 Å². The Bertz CT molecular complexity index is 410. The van der Waals surface area contributed by atoms with Crippen molar-refractivity contribution in [3.05, 3.63) is 0 Å². The molecule has 2 rings (SSSR count). The van der Waals surface area contributed by atoms with E-state index in [2.05, 4.69) is 12.2 Å². The van der Waals surface area contributed by atoms with Gasteiger partial charge in [-0.15, -0.1) is 0 Å². The number of hydrogen-bond donors (Lipinski definition) is 1. The van der Waals surface area contributed by atoms with Crippen molar-refractivity contribution in [2.24, 2.45) is 0 Å².